The summed E-state index contributed by atoms with van der Waals surface area (Å²) in [5.41, 5.74) is 4.84. The van der Waals surface area contributed by atoms with E-state index < -0.39 is 0 Å². The lowest BCUT2D eigenvalue weighted by Gasteiger charge is -2.00. The zero-order valence-corrected chi connectivity index (χ0v) is 11.0. The van der Waals surface area contributed by atoms with E-state index in [0.717, 1.165) is 38.1 Å². The number of aromatic amines is 1. The number of aryl methyl sites for hydroxylation is 2. The Balaban J connectivity index is 2.25. The quantitative estimate of drug-likeness (QED) is 0.745. The number of H-pyrrole nitrogens is 1. The highest BCUT2D eigenvalue weighted by atomic mass is 79.9. The number of nitrogens with one attached hydrogen (secondary N) is 1. The zero-order chi connectivity index (χ0) is 12.0. The second-order valence-corrected chi connectivity index (χ2v) is 4.81. The third kappa shape index (κ3) is 1.58. The van der Waals surface area contributed by atoms with Crippen molar-refractivity contribution in [1.82, 2.24) is 15.1 Å². The lowest BCUT2D eigenvalue weighted by molar-refractivity contribution is 0.393. The summed E-state index contributed by atoms with van der Waals surface area (Å²) in [4.78, 5) is 7.60. The largest absolute Gasteiger partial charge is 0.361 e. The SMILES string of the molecule is Cc1noc(C)c1-c1cnc2c(Br)c[nH]c2c1. The Morgan fingerprint density at radius 2 is 2.18 bits per heavy atom. The maximum Gasteiger partial charge on any atom is 0.141 e. The standard InChI is InChI=1S/C12H10BrN3O/c1-6-11(7(2)17-16-6)8-3-10-12(15-4-8)9(13)5-14-10/h3-5,14H,1-2H3. The molecule has 1 N–H and O–H groups in total. The summed E-state index contributed by atoms with van der Waals surface area (Å²) in [6, 6.07) is 2.06. The molecule has 0 atom stereocenters. The lowest BCUT2D eigenvalue weighted by Crippen LogP contribution is -1.84. The average molecular weight is 292 g/mol. The molecule has 0 saturated carbocycles. The van der Waals surface area contributed by atoms with Crippen molar-refractivity contribution in [3.8, 4) is 11.1 Å². The third-order valence-corrected chi connectivity index (χ3v) is 3.39. The minimum Gasteiger partial charge on any atom is -0.361 e. The van der Waals surface area contributed by atoms with Crippen LogP contribution in [0.5, 0.6) is 0 Å². The molecule has 0 aliphatic heterocycles. The molecule has 0 spiro atoms. The number of aromatic nitrogens is 3. The maximum atomic E-state index is 5.17. The first-order valence-electron chi connectivity index (χ1n) is 5.22. The Hall–Kier alpha value is -1.62. The van der Waals surface area contributed by atoms with Gasteiger partial charge in [0.25, 0.3) is 0 Å². The smallest absolute Gasteiger partial charge is 0.141 e. The summed E-state index contributed by atoms with van der Waals surface area (Å²) in [7, 11) is 0. The molecule has 3 aromatic heterocycles. The van der Waals surface area contributed by atoms with Gasteiger partial charge >= 0.3 is 0 Å². The summed E-state index contributed by atoms with van der Waals surface area (Å²) in [6.45, 7) is 3.84. The molecule has 0 amide bonds. The normalized spacial score (nSPS) is 11.2. The number of halogens is 1. The molecule has 0 bridgehead atoms. The van der Waals surface area contributed by atoms with Gasteiger partial charge in [0.15, 0.2) is 0 Å². The molecule has 3 rings (SSSR count). The average Bonchev–Trinajstić information content (AvgIpc) is 2.83. The number of fused-ring (bicyclic) bond motifs is 1. The molecule has 5 heteroatoms. The van der Waals surface area contributed by atoms with Crippen LogP contribution in [0.15, 0.2) is 27.5 Å². The highest BCUT2D eigenvalue weighted by Crippen LogP contribution is 2.30. The van der Waals surface area contributed by atoms with Gasteiger partial charge in [-0.1, -0.05) is 5.16 Å². The lowest BCUT2D eigenvalue weighted by atomic mass is 10.1. The molecular formula is C12H10BrN3O. The van der Waals surface area contributed by atoms with Crippen molar-refractivity contribution < 1.29 is 4.52 Å². The molecule has 0 unspecified atom stereocenters. The van der Waals surface area contributed by atoms with Crippen LogP contribution < -0.4 is 0 Å². The first-order valence-corrected chi connectivity index (χ1v) is 6.02. The molecule has 17 heavy (non-hydrogen) atoms. The fourth-order valence-corrected chi connectivity index (χ4v) is 2.44. The monoisotopic (exact) mass is 291 g/mol. The molecule has 0 aliphatic rings. The van der Waals surface area contributed by atoms with Gasteiger partial charge in [0, 0.05) is 23.5 Å². The van der Waals surface area contributed by atoms with E-state index in [2.05, 4.69) is 37.1 Å². The van der Waals surface area contributed by atoms with Crippen LogP contribution in [0.25, 0.3) is 22.2 Å². The van der Waals surface area contributed by atoms with Crippen molar-refractivity contribution in [3.63, 3.8) is 0 Å². The molecule has 0 radical (unpaired) electrons. The first-order chi connectivity index (χ1) is 8.16. The Morgan fingerprint density at radius 1 is 1.35 bits per heavy atom. The highest BCUT2D eigenvalue weighted by Gasteiger charge is 2.13. The maximum absolute atomic E-state index is 5.17. The molecule has 0 aromatic carbocycles. The third-order valence-electron chi connectivity index (χ3n) is 2.79. The summed E-state index contributed by atoms with van der Waals surface area (Å²) in [6.07, 6.45) is 3.72. The summed E-state index contributed by atoms with van der Waals surface area (Å²) >= 11 is 3.44. The summed E-state index contributed by atoms with van der Waals surface area (Å²) in [5.74, 6) is 0.814. The number of nitrogens with zero attached hydrogens (tertiary/aromatic N) is 2. The summed E-state index contributed by atoms with van der Waals surface area (Å²) < 4.78 is 6.14. The van der Waals surface area contributed by atoms with Crippen LogP contribution in [0.4, 0.5) is 0 Å². The molecule has 0 fully saturated rings. The van der Waals surface area contributed by atoms with Crippen LogP contribution in [-0.2, 0) is 0 Å². The number of rotatable bonds is 1. The molecular weight excluding hydrogens is 282 g/mol. The van der Waals surface area contributed by atoms with Crippen molar-refractivity contribution in [3.05, 3.63) is 34.4 Å². The van der Waals surface area contributed by atoms with Crippen LogP contribution in [0, 0.1) is 13.8 Å². The highest BCUT2D eigenvalue weighted by molar-refractivity contribution is 9.10. The van der Waals surface area contributed by atoms with Crippen molar-refractivity contribution in [2.24, 2.45) is 0 Å². The van der Waals surface area contributed by atoms with E-state index in [-0.39, 0.29) is 0 Å². The van der Waals surface area contributed by atoms with Crippen LogP contribution in [-0.4, -0.2) is 15.1 Å². The minimum atomic E-state index is 0.814. The molecule has 4 nitrogen and oxygen atoms in total. The molecule has 0 saturated heterocycles. The van der Waals surface area contributed by atoms with Gasteiger partial charge in [-0.15, -0.1) is 0 Å². The van der Waals surface area contributed by atoms with Crippen molar-refractivity contribution >= 4 is 27.0 Å². The Labute approximate surface area is 106 Å². The van der Waals surface area contributed by atoms with E-state index in [0.29, 0.717) is 0 Å². The van der Waals surface area contributed by atoms with E-state index in [1.807, 2.05) is 26.2 Å². The van der Waals surface area contributed by atoms with Gasteiger partial charge in [0.05, 0.1) is 15.7 Å². The first kappa shape index (κ1) is 10.5. The number of pyridine rings is 1. The zero-order valence-electron chi connectivity index (χ0n) is 9.41. The van der Waals surface area contributed by atoms with E-state index in [9.17, 15) is 0 Å². The van der Waals surface area contributed by atoms with Crippen LogP contribution >= 0.6 is 15.9 Å². The van der Waals surface area contributed by atoms with Gasteiger partial charge in [-0.3, -0.25) is 4.98 Å². The molecule has 3 heterocycles. The van der Waals surface area contributed by atoms with Crippen molar-refractivity contribution in [2.75, 3.05) is 0 Å². The predicted octanol–water partition coefficient (Wildman–Crippen LogP) is 3.60. The number of hydrogen-bond acceptors (Lipinski definition) is 3. The Morgan fingerprint density at radius 3 is 2.88 bits per heavy atom. The molecule has 0 aliphatic carbocycles. The fourth-order valence-electron chi connectivity index (χ4n) is 2.01. The van der Waals surface area contributed by atoms with Gasteiger partial charge in [0.1, 0.15) is 11.3 Å². The van der Waals surface area contributed by atoms with Gasteiger partial charge in [-0.05, 0) is 35.8 Å². The number of hydrogen-bond donors (Lipinski definition) is 1. The van der Waals surface area contributed by atoms with Crippen LogP contribution in [0.3, 0.4) is 0 Å². The topological polar surface area (TPSA) is 54.7 Å². The van der Waals surface area contributed by atoms with Crippen LogP contribution in [0.2, 0.25) is 0 Å². The Kier molecular flexibility index (Phi) is 2.29. The van der Waals surface area contributed by atoms with Crippen molar-refractivity contribution in [2.45, 2.75) is 13.8 Å². The minimum absolute atomic E-state index is 0.814. The van der Waals surface area contributed by atoms with E-state index in [1.165, 1.54) is 0 Å². The van der Waals surface area contributed by atoms with Gasteiger partial charge in [-0.2, -0.15) is 0 Å². The Bertz CT molecular complexity index is 679. The van der Waals surface area contributed by atoms with E-state index in [1.54, 1.807) is 0 Å². The summed E-state index contributed by atoms with van der Waals surface area (Å²) in [5, 5.41) is 3.96. The molecule has 3 aromatic rings. The van der Waals surface area contributed by atoms with Crippen LogP contribution in [0.1, 0.15) is 11.5 Å². The fraction of sp³-hybridized carbons (Fsp3) is 0.167. The van der Waals surface area contributed by atoms with Crippen molar-refractivity contribution in [1.29, 1.82) is 0 Å². The van der Waals surface area contributed by atoms with Gasteiger partial charge in [0.2, 0.25) is 0 Å². The predicted molar refractivity (Wildman–Crippen MR) is 68.8 cm³/mol. The van der Waals surface area contributed by atoms with E-state index >= 15 is 0 Å². The second kappa shape index (κ2) is 3.70. The van der Waals surface area contributed by atoms with E-state index in [4.69, 9.17) is 4.52 Å². The second-order valence-electron chi connectivity index (χ2n) is 3.96. The van der Waals surface area contributed by atoms with Gasteiger partial charge < -0.3 is 9.51 Å². The molecule has 86 valence electrons. The van der Waals surface area contributed by atoms with Gasteiger partial charge in [-0.25, -0.2) is 0 Å².